The van der Waals surface area contributed by atoms with Crippen LogP contribution < -0.4 is 10.2 Å². The van der Waals surface area contributed by atoms with Crippen molar-refractivity contribution in [3.8, 4) is 0 Å². The van der Waals surface area contributed by atoms with Crippen LogP contribution in [-0.4, -0.2) is 42.8 Å². The molecule has 1 aromatic heterocycles. The number of nitrogens with zero attached hydrogens (tertiary/aromatic N) is 3. The molecule has 2 aliphatic rings. The van der Waals surface area contributed by atoms with E-state index in [9.17, 15) is 0 Å². The van der Waals surface area contributed by atoms with Gasteiger partial charge in [0.1, 0.15) is 5.82 Å². The largest absolute Gasteiger partial charge is 0.378 e. The third-order valence-electron chi connectivity index (χ3n) is 3.58. The third kappa shape index (κ3) is 3.15. The predicted molar refractivity (Wildman–Crippen MR) is 75.8 cm³/mol. The molecule has 104 valence electrons. The summed E-state index contributed by atoms with van der Waals surface area (Å²) in [4.78, 5) is 11.6. The van der Waals surface area contributed by atoms with Crippen molar-refractivity contribution in [1.82, 2.24) is 9.97 Å². The molecule has 0 aromatic carbocycles. The molecule has 2 fully saturated rings. The molecule has 5 nitrogen and oxygen atoms in total. The minimum Gasteiger partial charge on any atom is -0.378 e. The van der Waals surface area contributed by atoms with E-state index >= 15 is 0 Å². The maximum atomic E-state index is 5.39. The molecule has 1 aromatic rings. The van der Waals surface area contributed by atoms with Crippen LogP contribution in [0.2, 0.25) is 0 Å². The standard InChI is InChI=1S/C14H22N4O/c1-2-5-15-13-10-12(11-3-4-11)16-14(17-13)18-6-8-19-9-7-18/h10-11H,2-9H2,1H3,(H,15,16,17). The fraction of sp³-hybridized carbons (Fsp3) is 0.714. The van der Waals surface area contributed by atoms with Gasteiger partial charge < -0.3 is 15.0 Å². The van der Waals surface area contributed by atoms with Crippen LogP contribution in [0.4, 0.5) is 11.8 Å². The Balaban J connectivity index is 1.81. The molecule has 1 N–H and O–H groups in total. The van der Waals surface area contributed by atoms with Gasteiger partial charge in [0.15, 0.2) is 0 Å². The van der Waals surface area contributed by atoms with Crippen molar-refractivity contribution in [3.63, 3.8) is 0 Å². The van der Waals surface area contributed by atoms with Crippen LogP contribution in [0.3, 0.4) is 0 Å². The molecule has 2 heterocycles. The van der Waals surface area contributed by atoms with Gasteiger partial charge in [0.2, 0.25) is 5.95 Å². The summed E-state index contributed by atoms with van der Waals surface area (Å²) in [6.07, 6.45) is 3.65. The van der Waals surface area contributed by atoms with E-state index in [0.29, 0.717) is 5.92 Å². The summed E-state index contributed by atoms with van der Waals surface area (Å²) in [7, 11) is 0. The Morgan fingerprint density at radius 1 is 1.32 bits per heavy atom. The molecule has 5 heteroatoms. The van der Waals surface area contributed by atoms with Crippen molar-refractivity contribution in [2.45, 2.75) is 32.1 Å². The molecule has 0 atom stereocenters. The van der Waals surface area contributed by atoms with Crippen molar-refractivity contribution in [3.05, 3.63) is 11.8 Å². The quantitative estimate of drug-likeness (QED) is 0.879. The molecule has 0 radical (unpaired) electrons. The van der Waals surface area contributed by atoms with Gasteiger partial charge in [-0.25, -0.2) is 4.98 Å². The van der Waals surface area contributed by atoms with E-state index < -0.39 is 0 Å². The molecule has 0 bridgehead atoms. The normalized spacial score (nSPS) is 19.5. The van der Waals surface area contributed by atoms with E-state index in [0.717, 1.165) is 51.0 Å². The van der Waals surface area contributed by atoms with E-state index in [-0.39, 0.29) is 0 Å². The Labute approximate surface area is 114 Å². The number of rotatable bonds is 5. The first-order valence-electron chi connectivity index (χ1n) is 7.32. The third-order valence-corrected chi connectivity index (χ3v) is 3.58. The Kier molecular flexibility index (Phi) is 3.82. The maximum absolute atomic E-state index is 5.39. The van der Waals surface area contributed by atoms with Crippen LogP contribution in [0.1, 0.15) is 37.8 Å². The molecule has 1 aliphatic carbocycles. The molecule has 0 spiro atoms. The van der Waals surface area contributed by atoms with E-state index in [2.05, 4.69) is 28.2 Å². The average molecular weight is 262 g/mol. The summed E-state index contributed by atoms with van der Waals surface area (Å²) in [5, 5.41) is 3.39. The molecule has 19 heavy (non-hydrogen) atoms. The Morgan fingerprint density at radius 3 is 2.79 bits per heavy atom. The SMILES string of the molecule is CCCNc1cc(C2CC2)nc(N2CCOCC2)n1. The summed E-state index contributed by atoms with van der Waals surface area (Å²) in [6.45, 7) is 6.45. The lowest BCUT2D eigenvalue weighted by Gasteiger charge is -2.27. The molecular weight excluding hydrogens is 240 g/mol. The molecule has 1 saturated heterocycles. The van der Waals surface area contributed by atoms with E-state index in [1.165, 1.54) is 18.5 Å². The van der Waals surface area contributed by atoms with Crippen LogP contribution in [0.25, 0.3) is 0 Å². The van der Waals surface area contributed by atoms with Crippen LogP contribution >= 0.6 is 0 Å². The highest BCUT2D eigenvalue weighted by atomic mass is 16.5. The fourth-order valence-electron chi connectivity index (χ4n) is 2.29. The van der Waals surface area contributed by atoms with Crippen molar-refractivity contribution in [2.24, 2.45) is 0 Å². The minimum absolute atomic E-state index is 0.657. The number of hydrogen-bond acceptors (Lipinski definition) is 5. The Hall–Kier alpha value is -1.36. The van der Waals surface area contributed by atoms with Crippen LogP contribution in [-0.2, 0) is 4.74 Å². The molecule has 1 saturated carbocycles. The first-order chi connectivity index (χ1) is 9.36. The molecular formula is C14H22N4O. The van der Waals surface area contributed by atoms with Crippen molar-refractivity contribution >= 4 is 11.8 Å². The van der Waals surface area contributed by atoms with Crippen LogP contribution in [0.15, 0.2) is 6.07 Å². The van der Waals surface area contributed by atoms with Gasteiger partial charge in [-0.15, -0.1) is 0 Å². The molecule has 1 aliphatic heterocycles. The van der Waals surface area contributed by atoms with Gasteiger partial charge in [0.05, 0.1) is 18.9 Å². The van der Waals surface area contributed by atoms with Gasteiger partial charge in [0, 0.05) is 31.6 Å². The van der Waals surface area contributed by atoms with E-state index in [4.69, 9.17) is 9.72 Å². The smallest absolute Gasteiger partial charge is 0.227 e. The van der Waals surface area contributed by atoms with Crippen LogP contribution in [0, 0.1) is 0 Å². The van der Waals surface area contributed by atoms with Gasteiger partial charge >= 0.3 is 0 Å². The number of anilines is 2. The van der Waals surface area contributed by atoms with Crippen LogP contribution in [0.5, 0.6) is 0 Å². The zero-order valence-electron chi connectivity index (χ0n) is 11.6. The summed E-state index contributed by atoms with van der Waals surface area (Å²) < 4.78 is 5.39. The zero-order valence-corrected chi connectivity index (χ0v) is 11.6. The fourth-order valence-corrected chi connectivity index (χ4v) is 2.29. The number of aromatic nitrogens is 2. The topological polar surface area (TPSA) is 50.3 Å². The van der Waals surface area contributed by atoms with Crippen molar-refractivity contribution < 1.29 is 4.74 Å². The predicted octanol–water partition coefficient (Wildman–Crippen LogP) is 2.01. The lowest BCUT2D eigenvalue weighted by atomic mass is 10.2. The van der Waals surface area contributed by atoms with Gasteiger partial charge in [-0.05, 0) is 19.3 Å². The number of nitrogens with one attached hydrogen (secondary N) is 1. The monoisotopic (exact) mass is 262 g/mol. The molecule has 3 rings (SSSR count). The number of ether oxygens (including phenoxy) is 1. The first kappa shape index (κ1) is 12.7. The first-order valence-corrected chi connectivity index (χ1v) is 7.32. The van der Waals surface area contributed by atoms with Crippen molar-refractivity contribution in [1.29, 1.82) is 0 Å². The van der Waals surface area contributed by atoms with E-state index in [1.807, 2.05) is 0 Å². The van der Waals surface area contributed by atoms with Gasteiger partial charge in [0.25, 0.3) is 0 Å². The summed E-state index contributed by atoms with van der Waals surface area (Å²) >= 11 is 0. The Morgan fingerprint density at radius 2 is 2.11 bits per heavy atom. The van der Waals surface area contributed by atoms with Gasteiger partial charge in [-0.1, -0.05) is 6.92 Å². The minimum atomic E-state index is 0.657. The average Bonchev–Trinajstić information content (AvgIpc) is 3.30. The molecule has 0 unspecified atom stereocenters. The number of morpholine rings is 1. The highest BCUT2D eigenvalue weighted by Gasteiger charge is 2.27. The lowest BCUT2D eigenvalue weighted by Crippen LogP contribution is -2.37. The summed E-state index contributed by atoms with van der Waals surface area (Å²) in [5.74, 6) is 2.50. The summed E-state index contributed by atoms with van der Waals surface area (Å²) in [6, 6.07) is 2.12. The second-order valence-corrected chi connectivity index (χ2v) is 5.28. The summed E-state index contributed by atoms with van der Waals surface area (Å²) in [5.41, 5.74) is 1.20. The lowest BCUT2D eigenvalue weighted by molar-refractivity contribution is 0.122. The van der Waals surface area contributed by atoms with Gasteiger partial charge in [-0.3, -0.25) is 0 Å². The molecule has 0 amide bonds. The number of hydrogen-bond donors (Lipinski definition) is 1. The van der Waals surface area contributed by atoms with E-state index in [1.54, 1.807) is 0 Å². The second kappa shape index (κ2) is 5.74. The van der Waals surface area contributed by atoms with Crippen molar-refractivity contribution in [2.75, 3.05) is 43.1 Å². The highest BCUT2D eigenvalue weighted by Crippen LogP contribution is 2.40. The second-order valence-electron chi connectivity index (χ2n) is 5.28. The Bertz CT molecular complexity index is 427. The van der Waals surface area contributed by atoms with Gasteiger partial charge in [-0.2, -0.15) is 4.98 Å². The maximum Gasteiger partial charge on any atom is 0.227 e. The highest BCUT2D eigenvalue weighted by molar-refractivity contribution is 5.45. The zero-order chi connectivity index (χ0) is 13.1.